The summed E-state index contributed by atoms with van der Waals surface area (Å²) in [5, 5.41) is 0. The van der Waals surface area contributed by atoms with Crippen molar-refractivity contribution in [2.24, 2.45) is 0 Å². The van der Waals surface area contributed by atoms with Crippen LogP contribution in [0.5, 0.6) is 0 Å². The molecule has 20 heavy (non-hydrogen) atoms. The van der Waals surface area contributed by atoms with E-state index in [1.54, 1.807) is 16.8 Å². The van der Waals surface area contributed by atoms with Crippen LogP contribution >= 0.6 is 0 Å². The second-order valence-electron chi connectivity index (χ2n) is 6.06. The average Bonchev–Trinajstić information content (AvgIpc) is 2.83. The van der Waals surface area contributed by atoms with Crippen molar-refractivity contribution in [2.45, 2.75) is 26.2 Å². The fourth-order valence-corrected chi connectivity index (χ4v) is 2.50. The third-order valence-electron chi connectivity index (χ3n) is 3.51. The van der Waals surface area contributed by atoms with Gasteiger partial charge in [-0.25, -0.2) is 4.57 Å². The van der Waals surface area contributed by atoms with Gasteiger partial charge in [-0.1, -0.05) is 45.0 Å². The van der Waals surface area contributed by atoms with Crippen molar-refractivity contribution < 1.29 is 8.96 Å². The van der Waals surface area contributed by atoms with E-state index in [4.69, 9.17) is 0 Å². The Labute approximate surface area is 118 Å². The molecule has 0 atom stereocenters. The van der Waals surface area contributed by atoms with Crippen molar-refractivity contribution in [2.75, 3.05) is 0 Å². The van der Waals surface area contributed by atoms with Crippen LogP contribution in [0, 0.1) is 5.95 Å². The number of aromatic nitrogens is 2. The highest BCUT2D eigenvalue weighted by Gasteiger charge is 2.22. The normalized spacial score (nSPS) is 12.0. The van der Waals surface area contributed by atoms with Crippen LogP contribution in [0.1, 0.15) is 26.3 Å². The SMILES string of the molecule is CC(C)(C)c1ccccc1-[n+]1cc2cccc(F)n2c1. The number of halogens is 1. The molecule has 3 aromatic rings. The summed E-state index contributed by atoms with van der Waals surface area (Å²) in [6.45, 7) is 6.55. The standard InChI is InChI=1S/C17H18FN2/c1-17(2,3)14-8-4-5-9-15(14)19-11-13-7-6-10-16(18)20(13)12-19/h4-12H,1-3H3/q+1. The molecule has 2 nitrogen and oxygen atoms in total. The molecule has 0 amide bonds. The maximum absolute atomic E-state index is 13.8. The van der Waals surface area contributed by atoms with Crippen LogP contribution < -0.4 is 4.57 Å². The predicted octanol–water partition coefficient (Wildman–Crippen LogP) is 3.65. The summed E-state index contributed by atoms with van der Waals surface area (Å²) in [6, 6.07) is 13.3. The van der Waals surface area contributed by atoms with E-state index < -0.39 is 0 Å². The molecule has 2 heterocycles. The molecule has 0 saturated carbocycles. The van der Waals surface area contributed by atoms with Gasteiger partial charge < -0.3 is 0 Å². The van der Waals surface area contributed by atoms with E-state index in [0.717, 1.165) is 11.2 Å². The number of para-hydroxylation sites is 1. The zero-order valence-corrected chi connectivity index (χ0v) is 12.0. The molecule has 102 valence electrons. The van der Waals surface area contributed by atoms with E-state index in [2.05, 4.69) is 32.9 Å². The summed E-state index contributed by atoms with van der Waals surface area (Å²) in [5.74, 6) is -0.255. The third kappa shape index (κ3) is 2.09. The Balaban J connectivity index is 2.24. The quantitative estimate of drug-likeness (QED) is 0.471. The topological polar surface area (TPSA) is 8.29 Å². The molecule has 0 aliphatic rings. The van der Waals surface area contributed by atoms with Gasteiger partial charge in [-0.2, -0.15) is 8.79 Å². The van der Waals surface area contributed by atoms with Gasteiger partial charge in [0.25, 0.3) is 12.3 Å². The highest BCUT2D eigenvalue weighted by molar-refractivity contribution is 5.44. The molecule has 0 spiro atoms. The number of imidazole rings is 1. The lowest BCUT2D eigenvalue weighted by Gasteiger charge is -2.20. The number of hydrogen-bond acceptors (Lipinski definition) is 0. The van der Waals surface area contributed by atoms with Crippen LogP contribution in [-0.2, 0) is 5.41 Å². The Hall–Kier alpha value is -2.16. The van der Waals surface area contributed by atoms with Crippen LogP contribution in [0.25, 0.3) is 11.2 Å². The van der Waals surface area contributed by atoms with Gasteiger partial charge in [-0.05, 0) is 17.5 Å². The largest absolute Gasteiger partial charge is 0.283 e. The zero-order valence-electron chi connectivity index (χ0n) is 12.0. The fourth-order valence-electron chi connectivity index (χ4n) is 2.50. The van der Waals surface area contributed by atoms with E-state index in [1.165, 1.54) is 11.6 Å². The van der Waals surface area contributed by atoms with Crippen molar-refractivity contribution >= 4 is 5.52 Å². The van der Waals surface area contributed by atoms with Gasteiger partial charge in [-0.15, -0.1) is 0 Å². The maximum Gasteiger partial charge on any atom is 0.283 e. The molecular formula is C17H18FN2+. The highest BCUT2D eigenvalue weighted by Crippen LogP contribution is 2.25. The smallest absolute Gasteiger partial charge is 0.201 e. The lowest BCUT2D eigenvalue weighted by Crippen LogP contribution is -2.31. The highest BCUT2D eigenvalue weighted by atomic mass is 19.1. The van der Waals surface area contributed by atoms with Gasteiger partial charge in [0.2, 0.25) is 0 Å². The van der Waals surface area contributed by atoms with Crippen molar-refractivity contribution in [3.63, 3.8) is 0 Å². The molecule has 0 aliphatic carbocycles. The molecule has 0 aliphatic heterocycles. The van der Waals surface area contributed by atoms with Crippen molar-refractivity contribution in [3.8, 4) is 5.69 Å². The Morgan fingerprint density at radius 2 is 1.75 bits per heavy atom. The first-order valence-corrected chi connectivity index (χ1v) is 6.74. The second-order valence-corrected chi connectivity index (χ2v) is 6.06. The molecule has 3 rings (SSSR count). The number of benzene rings is 1. The molecule has 0 saturated heterocycles. The number of rotatable bonds is 1. The molecule has 0 N–H and O–H groups in total. The van der Waals surface area contributed by atoms with Crippen molar-refractivity contribution in [1.29, 1.82) is 0 Å². The summed E-state index contributed by atoms with van der Waals surface area (Å²) in [6.07, 6.45) is 3.74. The lowest BCUT2D eigenvalue weighted by molar-refractivity contribution is -0.594. The van der Waals surface area contributed by atoms with Gasteiger partial charge in [-0.3, -0.25) is 0 Å². The zero-order chi connectivity index (χ0) is 14.3. The molecule has 0 unspecified atom stereocenters. The van der Waals surface area contributed by atoms with Crippen LogP contribution in [0.4, 0.5) is 4.39 Å². The number of pyridine rings is 1. The second kappa shape index (κ2) is 4.44. The molecule has 3 heteroatoms. The molecule has 0 bridgehead atoms. The van der Waals surface area contributed by atoms with E-state index in [9.17, 15) is 4.39 Å². The first kappa shape index (κ1) is 12.9. The Morgan fingerprint density at radius 3 is 2.45 bits per heavy atom. The first-order chi connectivity index (χ1) is 9.47. The van der Waals surface area contributed by atoms with E-state index in [-0.39, 0.29) is 11.4 Å². The molecule has 1 aromatic carbocycles. The summed E-state index contributed by atoms with van der Waals surface area (Å²) < 4.78 is 17.3. The van der Waals surface area contributed by atoms with Crippen LogP contribution in [0.3, 0.4) is 0 Å². The molecule has 0 fully saturated rings. The van der Waals surface area contributed by atoms with Crippen LogP contribution in [-0.4, -0.2) is 4.40 Å². The minimum Gasteiger partial charge on any atom is -0.201 e. The maximum atomic E-state index is 13.8. The summed E-state index contributed by atoms with van der Waals surface area (Å²) in [7, 11) is 0. The molecule has 0 radical (unpaired) electrons. The molecule has 2 aromatic heterocycles. The minimum absolute atomic E-state index is 0.0380. The van der Waals surface area contributed by atoms with Crippen molar-refractivity contribution in [3.05, 3.63) is 66.5 Å². The van der Waals surface area contributed by atoms with Gasteiger partial charge in [0, 0.05) is 11.6 Å². The summed E-state index contributed by atoms with van der Waals surface area (Å²) in [5.41, 5.74) is 3.20. The molecular weight excluding hydrogens is 251 g/mol. The minimum atomic E-state index is -0.255. The summed E-state index contributed by atoms with van der Waals surface area (Å²) in [4.78, 5) is 0. The van der Waals surface area contributed by atoms with E-state index >= 15 is 0 Å². The summed E-state index contributed by atoms with van der Waals surface area (Å²) >= 11 is 0. The monoisotopic (exact) mass is 269 g/mol. The van der Waals surface area contributed by atoms with Crippen LogP contribution in [0.2, 0.25) is 0 Å². The van der Waals surface area contributed by atoms with Crippen LogP contribution in [0.15, 0.2) is 55.0 Å². The fraction of sp³-hybridized carbons (Fsp3) is 0.235. The van der Waals surface area contributed by atoms with E-state index in [1.807, 2.05) is 29.0 Å². The van der Waals surface area contributed by atoms with Gasteiger partial charge in [0.1, 0.15) is 11.9 Å². The van der Waals surface area contributed by atoms with Gasteiger partial charge >= 0.3 is 0 Å². The Morgan fingerprint density at radius 1 is 1.00 bits per heavy atom. The van der Waals surface area contributed by atoms with Gasteiger partial charge in [0.15, 0.2) is 5.52 Å². The number of nitrogens with zero attached hydrogens (tertiary/aromatic N) is 2. The predicted molar refractivity (Wildman–Crippen MR) is 77.6 cm³/mol. The number of hydrogen-bond donors (Lipinski definition) is 0. The Kier molecular flexibility index (Phi) is 2.85. The van der Waals surface area contributed by atoms with Gasteiger partial charge in [0.05, 0.1) is 0 Å². The lowest BCUT2D eigenvalue weighted by atomic mass is 9.86. The first-order valence-electron chi connectivity index (χ1n) is 6.74. The average molecular weight is 269 g/mol. The van der Waals surface area contributed by atoms with E-state index in [0.29, 0.717) is 0 Å². The van der Waals surface area contributed by atoms with Crippen molar-refractivity contribution in [1.82, 2.24) is 4.40 Å². The third-order valence-corrected chi connectivity index (χ3v) is 3.51. The number of fused-ring (bicyclic) bond motifs is 1. The Bertz CT molecular complexity index is 766.